The highest BCUT2D eigenvalue weighted by Gasteiger charge is 1.99. The number of Topliss-reactive ketones (excluding diaryl/α,β-unsaturated/α-hetero) is 2. The summed E-state index contributed by atoms with van der Waals surface area (Å²) in [5.41, 5.74) is 1.23. The van der Waals surface area contributed by atoms with Crippen LogP contribution >= 0.6 is 0 Å². The second kappa shape index (κ2) is 7.85. The molecule has 0 amide bonds. The van der Waals surface area contributed by atoms with Crippen molar-refractivity contribution in [2.24, 2.45) is 0 Å². The van der Waals surface area contributed by atoms with Gasteiger partial charge in [0.05, 0.1) is 7.11 Å². The van der Waals surface area contributed by atoms with Gasteiger partial charge in [0.15, 0.2) is 11.6 Å². The van der Waals surface area contributed by atoms with Gasteiger partial charge in [-0.05, 0) is 38.1 Å². The average Bonchev–Trinajstić information content (AvgIpc) is 2.48. The van der Waals surface area contributed by atoms with E-state index in [2.05, 4.69) is 0 Å². The van der Waals surface area contributed by atoms with Crippen LogP contribution in [0.1, 0.15) is 34.6 Å². The molecule has 0 aliphatic carbocycles. The highest BCUT2D eigenvalue weighted by atomic mass is 16.5. The van der Waals surface area contributed by atoms with E-state index in [0.717, 1.165) is 5.75 Å². The molecule has 0 radical (unpaired) electrons. The van der Waals surface area contributed by atoms with E-state index in [1.807, 2.05) is 6.07 Å². The van der Waals surface area contributed by atoms with Crippen molar-refractivity contribution in [1.82, 2.24) is 0 Å². The standard InChI is InChI=1S/C9H10O2.C8H8O2/c1-7(10)8-4-3-5-9(6-8)11-2;1-6(9)7-3-2-4-8(10)5-7/h3-6H,1-2H3;2-5,10H,1H3. The first-order valence-corrected chi connectivity index (χ1v) is 6.39. The maximum atomic E-state index is 10.9. The second-order valence-corrected chi connectivity index (χ2v) is 4.39. The molecule has 110 valence electrons. The Kier molecular flexibility index (Phi) is 6.14. The summed E-state index contributed by atoms with van der Waals surface area (Å²) >= 11 is 0. The molecule has 2 aromatic rings. The van der Waals surface area contributed by atoms with Crippen LogP contribution in [0.4, 0.5) is 0 Å². The molecule has 4 heteroatoms. The van der Waals surface area contributed by atoms with E-state index in [9.17, 15) is 9.59 Å². The fourth-order valence-electron chi connectivity index (χ4n) is 1.57. The van der Waals surface area contributed by atoms with Crippen LogP contribution in [0.25, 0.3) is 0 Å². The van der Waals surface area contributed by atoms with Crippen LogP contribution in [0, 0.1) is 0 Å². The largest absolute Gasteiger partial charge is 0.508 e. The van der Waals surface area contributed by atoms with Gasteiger partial charge >= 0.3 is 0 Å². The maximum absolute atomic E-state index is 10.9. The third-order valence-electron chi connectivity index (χ3n) is 2.73. The predicted octanol–water partition coefficient (Wildman–Crippen LogP) is 3.49. The Morgan fingerprint density at radius 2 is 1.43 bits per heavy atom. The highest BCUT2D eigenvalue weighted by molar-refractivity contribution is 5.94. The molecule has 0 spiro atoms. The minimum atomic E-state index is -0.0316. The lowest BCUT2D eigenvalue weighted by Gasteiger charge is -1.99. The summed E-state index contributed by atoms with van der Waals surface area (Å²) in [4.78, 5) is 21.5. The number of phenolic OH excluding ortho intramolecular Hbond substituents is 1. The molecule has 4 nitrogen and oxygen atoms in total. The molecular formula is C17H18O4. The SMILES string of the molecule is CC(=O)c1cccc(O)c1.COc1cccc(C(C)=O)c1. The summed E-state index contributed by atoms with van der Waals surface area (Å²) in [6.45, 7) is 3.00. The number of hydrogen-bond acceptors (Lipinski definition) is 4. The van der Waals surface area contributed by atoms with E-state index in [1.165, 1.54) is 26.0 Å². The molecule has 0 atom stereocenters. The van der Waals surface area contributed by atoms with Gasteiger partial charge in [0.2, 0.25) is 0 Å². The predicted molar refractivity (Wildman–Crippen MR) is 81.1 cm³/mol. The van der Waals surface area contributed by atoms with Gasteiger partial charge in [0.25, 0.3) is 0 Å². The molecule has 0 aromatic heterocycles. The molecule has 0 aliphatic heterocycles. The molecule has 2 rings (SSSR count). The molecule has 21 heavy (non-hydrogen) atoms. The van der Waals surface area contributed by atoms with Gasteiger partial charge < -0.3 is 9.84 Å². The summed E-state index contributed by atoms with van der Waals surface area (Å²) in [5.74, 6) is 0.880. The molecule has 2 aromatic carbocycles. The van der Waals surface area contributed by atoms with Crippen molar-refractivity contribution in [1.29, 1.82) is 0 Å². The van der Waals surface area contributed by atoms with E-state index < -0.39 is 0 Å². The zero-order valence-corrected chi connectivity index (χ0v) is 12.3. The first kappa shape index (κ1) is 16.4. The van der Waals surface area contributed by atoms with Crippen LogP contribution in [0.2, 0.25) is 0 Å². The van der Waals surface area contributed by atoms with Crippen LogP contribution in [-0.2, 0) is 0 Å². The van der Waals surface area contributed by atoms with E-state index in [-0.39, 0.29) is 17.3 Å². The zero-order valence-electron chi connectivity index (χ0n) is 12.3. The van der Waals surface area contributed by atoms with E-state index in [0.29, 0.717) is 11.1 Å². The Hall–Kier alpha value is -2.62. The average molecular weight is 286 g/mol. The van der Waals surface area contributed by atoms with Gasteiger partial charge in [0.1, 0.15) is 11.5 Å². The van der Waals surface area contributed by atoms with Crippen molar-refractivity contribution < 1.29 is 19.4 Å². The van der Waals surface area contributed by atoms with Crippen LogP contribution < -0.4 is 4.74 Å². The fourth-order valence-corrected chi connectivity index (χ4v) is 1.57. The smallest absolute Gasteiger partial charge is 0.159 e. The van der Waals surface area contributed by atoms with Crippen molar-refractivity contribution in [2.75, 3.05) is 7.11 Å². The lowest BCUT2D eigenvalue weighted by Crippen LogP contribution is -1.92. The molecule has 1 N–H and O–H groups in total. The van der Waals surface area contributed by atoms with E-state index >= 15 is 0 Å². The lowest BCUT2D eigenvalue weighted by atomic mass is 10.1. The van der Waals surface area contributed by atoms with Crippen LogP contribution in [-0.4, -0.2) is 23.8 Å². The molecule has 0 saturated carbocycles. The number of benzene rings is 2. The van der Waals surface area contributed by atoms with Crippen molar-refractivity contribution in [2.45, 2.75) is 13.8 Å². The van der Waals surface area contributed by atoms with Crippen molar-refractivity contribution in [3.8, 4) is 11.5 Å². The van der Waals surface area contributed by atoms with Gasteiger partial charge in [-0.2, -0.15) is 0 Å². The number of hydrogen-bond donors (Lipinski definition) is 1. The summed E-state index contributed by atoms with van der Waals surface area (Å²) in [7, 11) is 1.58. The molecular weight excluding hydrogens is 268 g/mol. The number of ether oxygens (including phenoxy) is 1. The van der Waals surface area contributed by atoms with Crippen molar-refractivity contribution in [3.05, 3.63) is 59.7 Å². The monoisotopic (exact) mass is 286 g/mol. The summed E-state index contributed by atoms with van der Waals surface area (Å²) in [6.07, 6.45) is 0. The van der Waals surface area contributed by atoms with Gasteiger partial charge in [-0.1, -0.05) is 24.3 Å². The summed E-state index contributed by atoms with van der Waals surface area (Å²) in [5, 5.41) is 8.91. The molecule has 0 aliphatic rings. The number of phenols is 1. The zero-order chi connectivity index (χ0) is 15.8. The molecule has 0 unspecified atom stereocenters. The molecule has 0 heterocycles. The third kappa shape index (κ3) is 5.48. The third-order valence-corrected chi connectivity index (χ3v) is 2.73. The normalized spacial score (nSPS) is 9.29. The first-order valence-electron chi connectivity index (χ1n) is 6.39. The van der Waals surface area contributed by atoms with Crippen molar-refractivity contribution >= 4 is 11.6 Å². The number of carbonyl (C=O) groups is 2. The van der Waals surface area contributed by atoms with Crippen molar-refractivity contribution in [3.63, 3.8) is 0 Å². The maximum Gasteiger partial charge on any atom is 0.159 e. The Balaban J connectivity index is 0.000000211. The van der Waals surface area contributed by atoms with Crippen LogP contribution in [0.3, 0.4) is 0 Å². The van der Waals surface area contributed by atoms with Crippen LogP contribution in [0.5, 0.6) is 11.5 Å². The molecule has 0 fully saturated rings. The Morgan fingerprint density at radius 3 is 1.86 bits per heavy atom. The van der Waals surface area contributed by atoms with Gasteiger partial charge in [-0.15, -0.1) is 0 Å². The van der Waals surface area contributed by atoms with E-state index in [4.69, 9.17) is 9.84 Å². The quantitative estimate of drug-likeness (QED) is 0.877. The summed E-state index contributed by atoms with van der Waals surface area (Å²) in [6, 6.07) is 13.4. The number of aromatic hydroxyl groups is 1. The lowest BCUT2D eigenvalue weighted by molar-refractivity contribution is 0.100. The topological polar surface area (TPSA) is 63.6 Å². The number of rotatable bonds is 3. The van der Waals surface area contributed by atoms with Gasteiger partial charge in [-0.3, -0.25) is 9.59 Å². The minimum Gasteiger partial charge on any atom is -0.508 e. The first-order chi connectivity index (χ1) is 9.93. The highest BCUT2D eigenvalue weighted by Crippen LogP contribution is 2.12. The fraction of sp³-hybridized carbons (Fsp3) is 0.176. The second-order valence-electron chi connectivity index (χ2n) is 4.39. The van der Waals surface area contributed by atoms with Crippen LogP contribution in [0.15, 0.2) is 48.5 Å². The number of methoxy groups -OCH3 is 1. The number of carbonyl (C=O) groups excluding carboxylic acids is 2. The summed E-state index contributed by atoms with van der Waals surface area (Å²) < 4.78 is 4.95. The Labute approximate surface area is 124 Å². The van der Waals surface area contributed by atoms with E-state index in [1.54, 1.807) is 37.4 Å². The van der Waals surface area contributed by atoms with Gasteiger partial charge in [0, 0.05) is 11.1 Å². The molecule has 0 saturated heterocycles. The minimum absolute atomic E-state index is 0.0316. The Morgan fingerprint density at radius 1 is 0.905 bits per heavy atom. The van der Waals surface area contributed by atoms with Gasteiger partial charge in [-0.25, -0.2) is 0 Å². The Bertz CT molecular complexity index is 632. The molecule has 0 bridgehead atoms. The number of ketones is 2.